The molecule has 2 N–H and O–H groups in total. The molecule has 0 aliphatic heterocycles. The molecular formula is C22H25ClO3S. The van der Waals surface area contributed by atoms with E-state index in [4.69, 9.17) is 16.7 Å². The zero-order valence-corrected chi connectivity index (χ0v) is 16.9. The third kappa shape index (κ3) is 5.01. The van der Waals surface area contributed by atoms with Gasteiger partial charge in [0.25, 0.3) is 0 Å². The number of thiophene rings is 1. The first-order valence-corrected chi connectivity index (χ1v) is 10.6. The number of carbonyl (C=O) groups is 1. The standard InChI is InChI=1S/C22H25ClO3S/c1-14(12-15-6-3-2-4-7-15)21-17(18(23)13-19(21)24)9-5-8-16-10-11-20(27-16)22(25)26/h2-4,6-7,10-12,17-19,21,24H,5,8-9,13H2,1H3,(H,25,26)/b14-12-/t17-,18+,19+,21+/m0/s1. The number of hydrogen-bond donors (Lipinski definition) is 2. The van der Waals surface area contributed by atoms with Crippen molar-refractivity contribution in [3.8, 4) is 0 Å². The maximum Gasteiger partial charge on any atom is 0.345 e. The van der Waals surface area contributed by atoms with E-state index >= 15 is 0 Å². The first-order chi connectivity index (χ1) is 13.0. The Balaban J connectivity index is 1.65. The lowest BCUT2D eigenvalue weighted by Gasteiger charge is -2.24. The highest BCUT2D eigenvalue weighted by atomic mass is 35.5. The zero-order valence-electron chi connectivity index (χ0n) is 15.3. The largest absolute Gasteiger partial charge is 0.477 e. The maximum atomic E-state index is 11.0. The Morgan fingerprint density at radius 2 is 2.00 bits per heavy atom. The molecule has 0 unspecified atom stereocenters. The van der Waals surface area contributed by atoms with Gasteiger partial charge in [-0.15, -0.1) is 22.9 Å². The van der Waals surface area contributed by atoms with E-state index in [-0.39, 0.29) is 17.2 Å². The molecule has 0 spiro atoms. The number of aliphatic hydroxyl groups excluding tert-OH is 1. The number of alkyl halides is 1. The van der Waals surface area contributed by atoms with Crippen LogP contribution in [0.15, 0.2) is 48.0 Å². The summed E-state index contributed by atoms with van der Waals surface area (Å²) in [5.74, 6) is -0.557. The van der Waals surface area contributed by atoms with Crippen molar-refractivity contribution in [1.82, 2.24) is 0 Å². The molecule has 4 atom stereocenters. The van der Waals surface area contributed by atoms with Crippen molar-refractivity contribution < 1.29 is 15.0 Å². The second-order valence-electron chi connectivity index (χ2n) is 7.27. The van der Waals surface area contributed by atoms with Crippen LogP contribution in [0.25, 0.3) is 6.08 Å². The van der Waals surface area contributed by atoms with Gasteiger partial charge in [0.15, 0.2) is 0 Å². The lowest BCUT2D eigenvalue weighted by molar-refractivity contribution is 0.0702. The number of carboxylic acids is 1. The average Bonchev–Trinajstić information content (AvgIpc) is 3.21. The minimum atomic E-state index is -0.868. The van der Waals surface area contributed by atoms with Gasteiger partial charge in [-0.2, -0.15) is 0 Å². The van der Waals surface area contributed by atoms with Gasteiger partial charge in [-0.05, 0) is 56.2 Å². The molecule has 2 aromatic rings. The van der Waals surface area contributed by atoms with Crippen molar-refractivity contribution in [3.63, 3.8) is 0 Å². The predicted octanol–water partition coefficient (Wildman–Crippen LogP) is 5.48. The zero-order chi connectivity index (χ0) is 19.4. The van der Waals surface area contributed by atoms with Gasteiger partial charge in [0.2, 0.25) is 0 Å². The van der Waals surface area contributed by atoms with E-state index in [0.717, 1.165) is 29.7 Å². The van der Waals surface area contributed by atoms with E-state index in [1.807, 2.05) is 24.3 Å². The highest BCUT2D eigenvalue weighted by molar-refractivity contribution is 7.13. The van der Waals surface area contributed by atoms with Gasteiger partial charge in [-0.1, -0.05) is 42.0 Å². The summed E-state index contributed by atoms with van der Waals surface area (Å²) >= 11 is 7.92. The molecule has 5 heteroatoms. The number of rotatable bonds is 7. The van der Waals surface area contributed by atoms with Gasteiger partial charge in [0.1, 0.15) is 4.88 Å². The van der Waals surface area contributed by atoms with E-state index in [9.17, 15) is 9.90 Å². The highest BCUT2D eigenvalue weighted by Crippen LogP contribution is 2.43. The lowest BCUT2D eigenvalue weighted by atomic mass is 9.84. The van der Waals surface area contributed by atoms with E-state index in [2.05, 4.69) is 25.1 Å². The average molecular weight is 405 g/mol. The summed E-state index contributed by atoms with van der Waals surface area (Å²) in [6.07, 6.45) is 5.08. The van der Waals surface area contributed by atoms with Gasteiger partial charge < -0.3 is 10.2 Å². The summed E-state index contributed by atoms with van der Waals surface area (Å²) < 4.78 is 0. The fraction of sp³-hybridized carbons (Fsp3) is 0.409. The highest BCUT2D eigenvalue weighted by Gasteiger charge is 2.41. The fourth-order valence-corrected chi connectivity index (χ4v) is 5.47. The SMILES string of the molecule is C/C(=C/c1ccccc1)[C@@H]1[C@@H](CCCc2ccc(C(=O)O)s2)[C@H](Cl)C[C@H]1O. The van der Waals surface area contributed by atoms with Crippen LogP contribution < -0.4 is 0 Å². The predicted molar refractivity (Wildman–Crippen MR) is 112 cm³/mol. The van der Waals surface area contributed by atoms with Gasteiger partial charge in [-0.25, -0.2) is 4.79 Å². The van der Waals surface area contributed by atoms with Gasteiger partial charge in [-0.3, -0.25) is 0 Å². The van der Waals surface area contributed by atoms with E-state index in [1.54, 1.807) is 6.07 Å². The Morgan fingerprint density at radius 3 is 2.67 bits per heavy atom. The monoisotopic (exact) mass is 404 g/mol. The minimum Gasteiger partial charge on any atom is -0.477 e. The fourth-order valence-electron chi connectivity index (χ4n) is 4.11. The lowest BCUT2D eigenvalue weighted by Crippen LogP contribution is -2.22. The molecule has 1 aromatic heterocycles. The summed E-state index contributed by atoms with van der Waals surface area (Å²) in [5.41, 5.74) is 2.31. The maximum absolute atomic E-state index is 11.0. The van der Waals surface area contributed by atoms with Crippen LogP contribution in [0, 0.1) is 11.8 Å². The summed E-state index contributed by atoms with van der Waals surface area (Å²) in [6, 6.07) is 13.7. The number of aryl methyl sites for hydroxylation is 1. The Hall–Kier alpha value is -1.62. The van der Waals surface area contributed by atoms with Crippen LogP contribution in [-0.2, 0) is 6.42 Å². The van der Waals surface area contributed by atoms with Crippen molar-refractivity contribution >= 4 is 35.0 Å². The molecule has 0 radical (unpaired) electrons. The Morgan fingerprint density at radius 1 is 1.26 bits per heavy atom. The molecule has 0 bridgehead atoms. The van der Waals surface area contributed by atoms with Crippen LogP contribution >= 0.6 is 22.9 Å². The van der Waals surface area contributed by atoms with Crippen molar-refractivity contribution in [2.45, 2.75) is 44.1 Å². The molecule has 144 valence electrons. The number of halogens is 1. The van der Waals surface area contributed by atoms with E-state index < -0.39 is 12.1 Å². The number of hydrogen-bond acceptors (Lipinski definition) is 3. The van der Waals surface area contributed by atoms with Crippen LogP contribution in [0.3, 0.4) is 0 Å². The summed E-state index contributed by atoms with van der Waals surface area (Å²) in [4.78, 5) is 12.5. The second kappa shape index (κ2) is 9.05. The molecule has 1 aliphatic carbocycles. The van der Waals surface area contributed by atoms with E-state index in [0.29, 0.717) is 11.3 Å². The smallest absolute Gasteiger partial charge is 0.345 e. The summed E-state index contributed by atoms with van der Waals surface area (Å²) in [7, 11) is 0. The number of carboxylic acid groups (broad SMARTS) is 1. The molecule has 3 nitrogen and oxygen atoms in total. The molecule has 0 amide bonds. The molecule has 1 fully saturated rings. The number of benzene rings is 1. The topological polar surface area (TPSA) is 57.5 Å². The minimum absolute atomic E-state index is 0.0259. The summed E-state index contributed by atoms with van der Waals surface area (Å²) in [5, 5.41) is 19.6. The van der Waals surface area contributed by atoms with Crippen LogP contribution in [0.4, 0.5) is 0 Å². The molecule has 1 saturated carbocycles. The number of aliphatic hydroxyl groups is 1. The van der Waals surface area contributed by atoms with Crippen molar-refractivity contribution in [2.75, 3.05) is 0 Å². The van der Waals surface area contributed by atoms with E-state index in [1.165, 1.54) is 16.9 Å². The summed E-state index contributed by atoms with van der Waals surface area (Å²) in [6.45, 7) is 2.08. The van der Waals surface area contributed by atoms with Gasteiger partial charge in [0, 0.05) is 16.2 Å². The van der Waals surface area contributed by atoms with Crippen LogP contribution in [0.5, 0.6) is 0 Å². The molecular weight excluding hydrogens is 380 g/mol. The Bertz CT molecular complexity index is 799. The Kier molecular flexibility index (Phi) is 6.74. The van der Waals surface area contributed by atoms with Gasteiger partial charge >= 0.3 is 5.97 Å². The quantitative estimate of drug-likeness (QED) is 0.601. The molecule has 1 aliphatic rings. The molecule has 27 heavy (non-hydrogen) atoms. The van der Waals surface area contributed by atoms with Crippen LogP contribution in [-0.4, -0.2) is 27.7 Å². The van der Waals surface area contributed by atoms with Crippen LogP contribution in [0.1, 0.15) is 46.3 Å². The van der Waals surface area contributed by atoms with Crippen LogP contribution in [0.2, 0.25) is 0 Å². The third-order valence-electron chi connectivity index (χ3n) is 5.36. The molecule has 0 saturated heterocycles. The first kappa shape index (κ1) is 20.1. The molecule has 1 heterocycles. The first-order valence-electron chi connectivity index (χ1n) is 9.33. The van der Waals surface area contributed by atoms with Crippen molar-refractivity contribution in [2.24, 2.45) is 11.8 Å². The second-order valence-corrected chi connectivity index (χ2v) is 9.00. The molecule has 1 aromatic carbocycles. The third-order valence-corrected chi connectivity index (χ3v) is 6.99. The van der Waals surface area contributed by atoms with Gasteiger partial charge in [0.05, 0.1) is 6.10 Å². The van der Waals surface area contributed by atoms with Crippen molar-refractivity contribution in [1.29, 1.82) is 0 Å². The Labute approximate surface area is 169 Å². The van der Waals surface area contributed by atoms with Crippen molar-refractivity contribution in [3.05, 3.63) is 63.4 Å². The normalized spacial score (nSPS) is 25.7. The number of aromatic carboxylic acids is 1. The molecule has 3 rings (SSSR count).